The van der Waals surface area contributed by atoms with Crippen LogP contribution in [0.15, 0.2) is 30.3 Å². The second kappa shape index (κ2) is 9.68. The van der Waals surface area contributed by atoms with Crippen molar-refractivity contribution >= 4 is 46.0 Å². The van der Waals surface area contributed by atoms with Gasteiger partial charge in [-0.2, -0.15) is 0 Å². The van der Waals surface area contributed by atoms with Crippen molar-refractivity contribution in [1.82, 2.24) is 10.6 Å². The highest BCUT2D eigenvalue weighted by molar-refractivity contribution is 6.28. The van der Waals surface area contributed by atoms with Crippen LogP contribution in [-0.2, 0) is 14.3 Å². The molecule has 3 aliphatic rings. The molecule has 3 heterocycles. The average Bonchev–Trinajstić information content (AvgIpc) is 3.12. The van der Waals surface area contributed by atoms with Crippen LogP contribution >= 0.6 is 0 Å². The van der Waals surface area contributed by atoms with Gasteiger partial charge in [-0.05, 0) is 70.6 Å². The van der Waals surface area contributed by atoms with Crippen LogP contribution in [0.5, 0.6) is 0 Å². The second-order valence-corrected chi connectivity index (χ2v) is 11.1. The van der Waals surface area contributed by atoms with Crippen molar-refractivity contribution in [3.8, 4) is 0 Å². The third-order valence-electron chi connectivity index (χ3n) is 7.40. The molecule has 0 bridgehead atoms. The number of carbonyl (C=O) groups is 4. The van der Waals surface area contributed by atoms with Crippen molar-refractivity contribution in [2.24, 2.45) is 5.92 Å². The van der Waals surface area contributed by atoms with Gasteiger partial charge in [0.15, 0.2) is 0 Å². The van der Waals surface area contributed by atoms with Crippen LogP contribution in [0.25, 0.3) is 10.8 Å². The number of benzene rings is 2. The van der Waals surface area contributed by atoms with E-state index in [0.29, 0.717) is 24.4 Å². The van der Waals surface area contributed by atoms with Gasteiger partial charge in [0.25, 0.3) is 5.91 Å². The standard InChI is InChI=1S/C28H34N4O5/c1-28(2,3)37-27(36)29-14-11-17-12-15-31(16-13-17)20-7-8-21-24-18(20)5-4-6-19(24)26(35)32(21)22-9-10-23(33)30-25(22)34/h4-8,17,22H,9-16H2,1-3H3,(H,29,36)(H,30,33,34). The lowest BCUT2D eigenvalue weighted by atomic mass is 9.92. The molecular formula is C28H34N4O5. The summed E-state index contributed by atoms with van der Waals surface area (Å²) in [4.78, 5) is 53.4. The lowest BCUT2D eigenvalue weighted by Crippen LogP contribution is -2.53. The summed E-state index contributed by atoms with van der Waals surface area (Å²) in [6, 6.07) is 9.04. The number of carbonyl (C=O) groups excluding carboxylic acids is 4. The molecule has 37 heavy (non-hydrogen) atoms. The Labute approximate surface area is 216 Å². The van der Waals surface area contributed by atoms with E-state index in [1.54, 1.807) is 4.90 Å². The predicted molar refractivity (Wildman–Crippen MR) is 141 cm³/mol. The highest BCUT2D eigenvalue weighted by Gasteiger charge is 2.41. The van der Waals surface area contributed by atoms with Crippen LogP contribution in [0.3, 0.4) is 0 Å². The molecule has 9 nitrogen and oxygen atoms in total. The molecule has 196 valence electrons. The van der Waals surface area contributed by atoms with Crippen LogP contribution in [0.2, 0.25) is 0 Å². The Morgan fingerprint density at radius 2 is 1.78 bits per heavy atom. The third-order valence-corrected chi connectivity index (χ3v) is 7.40. The molecule has 2 aromatic rings. The summed E-state index contributed by atoms with van der Waals surface area (Å²) in [5.41, 5.74) is 1.92. The van der Waals surface area contributed by atoms with Crippen LogP contribution in [-0.4, -0.2) is 55.1 Å². The van der Waals surface area contributed by atoms with E-state index >= 15 is 0 Å². The van der Waals surface area contributed by atoms with E-state index in [1.807, 2.05) is 51.1 Å². The van der Waals surface area contributed by atoms with E-state index in [-0.39, 0.29) is 24.3 Å². The monoisotopic (exact) mass is 506 g/mol. The molecule has 0 saturated carbocycles. The molecular weight excluding hydrogens is 472 g/mol. The Morgan fingerprint density at radius 3 is 2.49 bits per heavy atom. The van der Waals surface area contributed by atoms with Crippen molar-refractivity contribution in [3.63, 3.8) is 0 Å². The van der Waals surface area contributed by atoms with Gasteiger partial charge in [-0.25, -0.2) is 4.79 Å². The smallest absolute Gasteiger partial charge is 0.407 e. The zero-order valence-corrected chi connectivity index (χ0v) is 21.6. The van der Waals surface area contributed by atoms with Crippen molar-refractivity contribution in [2.45, 2.75) is 64.5 Å². The minimum Gasteiger partial charge on any atom is -0.444 e. The molecule has 3 aliphatic heterocycles. The molecule has 9 heteroatoms. The predicted octanol–water partition coefficient (Wildman–Crippen LogP) is 3.74. The van der Waals surface area contributed by atoms with Gasteiger partial charge >= 0.3 is 6.09 Å². The number of nitrogens with zero attached hydrogens (tertiary/aromatic N) is 2. The van der Waals surface area contributed by atoms with E-state index in [9.17, 15) is 19.2 Å². The second-order valence-electron chi connectivity index (χ2n) is 11.1. The maximum absolute atomic E-state index is 13.4. The normalized spacial score (nSPS) is 20.4. The van der Waals surface area contributed by atoms with Crippen LogP contribution < -0.4 is 20.4 Å². The first-order valence-corrected chi connectivity index (χ1v) is 13.1. The zero-order valence-electron chi connectivity index (χ0n) is 21.6. The lowest BCUT2D eigenvalue weighted by molar-refractivity contribution is -0.134. The molecule has 2 aromatic carbocycles. The van der Waals surface area contributed by atoms with Crippen molar-refractivity contribution in [3.05, 3.63) is 35.9 Å². The van der Waals surface area contributed by atoms with E-state index in [1.165, 1.54) is 0 Å². The van der Waals surface area contributed by atoms with E-state index in [2.05, 4.69) is 15.5 Å². The lowest BCUT2D eigenvalue weighted by Gasteiger charge is -2.35. The number of imide groups is 1. The SMILES string of the molecule is CC(C)(C)OC(=O)NCCC1CCN(c2ccc3c4c(cccc24)C(=O)N3C2CCC(=O)NC2=O)CC1. The number of hydrogen-bond donors (Lipinski definition) is 2. The van der Waals surface area contributed by atoms with Gasteiger partial charge in [-0.15, -0.1) is 0 Å². The quantitative estimate of drug-likeness (QED) is 0.599. The van der Waals surface area contributed by atoms with Gasteiger partial charge in [0.1, 0.15) is 11.6 Å². The summed E-state index contributed by atoms with van der Waals surface area (Å²) in [5, 5.41) is 7.10. The summed E-state index contributed by atoms with van der Waals surface area (Å²) in [7, 11) is 0. The third kappa shape index (κ3) is 4.99. The van der Waals surface area contributed by atoms with Crippen LogP contribution in [0, 0.1) is 5.92 Å². The number of nitrogens with one attached hydrogen (secondary N) is 2. The van der Waals surface area contributed by atoms with Crippen molar-refractivity contribution in [1.29, 1.82) is 0 Å². The molecule has 0 aliphatic carbocycles. The highest BCUT2D eigenvalue weighted by Crippen LogP contribution is 2.44. The van der Waals surface area contributed by atoms with Gasteiger partial charge in [-0.3, -0.25) is 24.6 Å². The fourth-order valence-corrected chi connectivity index (χ4v) is 5.66. The topological polar surface area (TPSA) is 108 Å². The number of rotatable bonds is 5. The summed E-state index contributed by atoms with van der Waals surface area (Å²) in [6.07, 6.45) is 3.11. The molecule has 1 atom stereocenters. The van der Waals surface area contributed by atoms with E-state index in [0.717, 1.165) is 54.5 Å². The van der Waals surface area contributed by atoms with Gasteiger partial charge in [0.05, 0.1) is 5.69 Å². The summed E-state index contributed by atoms with van der Waals surface area (Å²) < 4.78 is 5.31. The molecule has 0 aromatic heterocycles. The zero-order chi connectivity index (χ0) is 26.3. The van der Waals surface area contributed by atoms with Gasteiger partial charge in [0.2, 0.25) is 11.8 Å². The molecule has 2 N–H and O–H groups in total. The number of ether oxygens (including phenoxy) is 1. The van der Waals surface area contributed by atoms with Crippen LogP contribution in [0.4, 0.5) is 16.2 Å². The Bertz CT molecular complexity index is 1260. The molecule has 2 fully saturated rings. The number of alkyl carbamates (subject to hydrolysis) is 1. The molecule has 0 radical (unpaired) electrons. The van der Waals surface area contributed by atoms with Gasteiger partial charge in [0, 0.05) is 48.1 Å². The Morgan fingerprint density at radius 1 is 1.05 bits per heavy atom. The minimum atomic E-state index is -0.684. The fraction of sp³-hybridized carbons (Fsp3) is 0.500. The fourth-order valence-electron chi connectivity index (χ4n) is 5.66. The first kappa shape index (κ1) is 25.0. The molecule has 4 amide bonds. The number of amides is 4. The average molecular weight is 507 g/mol. The van der Waals surface area contributed by atoms with E-state index < -0.39 is 17.6 Å². The summed E-state index contributed by atoms with van der Waals surface area (Å²) >= 11 is 0. The largest absolute Gasteiger partial charge is 0.444 e. The first-order chi connectivity index (χ1) is 17.6. The Balaban J connectivity index is 1.27. The molecule has 1 unspecified atom stereocenters. The number of anilines is 2. The number of piperidine rings is 2. The highest BCUT2D eigenvalue weighted by atomic mass is 16.6. The number of hydrogen-bond acceptors (Lipinski definition) is 6. The molecule has 0 spiro atoms. The van der Waals surface area contributed by atoms with Crippen molar-refractivity contribution < 1.29 is 23.9 Å². The minimum absolute atomic E-state index is 0.191. The van der Waals surface area contributed by atoms with Crippen LogP contribution in [0.1, 0.15) is 63.2 Å². The van der Waals surface area contributed by atoms with E-state index in [4.69, 9.17) is 4.74 Å². The van der Waals surface area contributed by atoms with Crippen molar-refractivity contribution in [2.75, 3.05) is 29.4 Å². The van der Waals surface area contributed by atoms with Gasteiger partial charge in [-0.1, -0.05) is 12.1 Å². The Hall–Kier alpha value is -3.62. The maximum atomic E-state index is 13.4. The maximum Gasteiger partial charge on any atom is 0.407 e. The molecule has 2 saturated heterocycles. The summed E-state index contributed by atoms with van der Waals surface area (Å²) in [5.74, 6) is -0.385. The first-order valence-electron chi connectivity index (χ1n) is 13.1. The molecule has 5 rings (SSSR count). The summed E-state index contributed by atoms with van der Waals surface area (Å²) in [6.45, 7) is 7.93. The Kier molecular flexibility index (Phi) is 6.56. The van der Waals surface area contributed by atoms with Gasteiger partial charge < -0.3 is 15.0 Å².